The lowest BCUT2D eigenvalue weighted by atomic mass is 10.2. The maximum atomic E-state index is 11.9. The Hall–Kier alpha value is -2.14. The van der Waals surface area contributed by atoms with E-state index in [0.717, 1.165) is 0 Å². The highest BCUT2D eigenvalue weighted by atomic mass is 32.1. The highest BCUT2D eigenvalue weighted by molar-refractivity contribution is 7.12. The Morgan fingerprint density at radius 3 is 2.47 bits per heavy atom. The van der Waals surface area contributed by atoms with E-state index in [0.29, 0.717) is 10.6 Å². The van der Waals surface area contributed by atoms with Gasteiger partial charge in [0.2, 0.25) is 5.91 Å². The van der Waals surface area contributed by atoms with Gasteiger partial charge in [0.05, 0.1) is 4.88 Å². The van der Waals surface area contributed by atoms with Crippen molar-refractivity contribution in [1.82, 2.24) is 5.32 Å². The summed E-state index contributed by atoms with van der Waals surface area (Å²) in [5.41, 5.74) is 0.713. The molecule has 2 N–H and O–H groups in total. The van der Waals surface area contributed by atoms with Gasteiger partial charge in [-0.15, -0.1) is 11.3 Å². The molecule has 98 valence electrons. The molecule has 0 bridgehead atoms. The van der Waals surface area contributed by atoms with E-state index in [1.54, 1.807) is 31.2 Å². The maximum absolute atomic E-state index is 11.9. The second kappa shape index (κ2) is 6.15. The molecular formula is C14H14N2O2S. The molecule has 5 heteroatoms. The molecule has 1 aromatic carbocycles. The number of amides is 2. The number of para-hydroxylation sites is 1. The van der Waals surface area contributed by atoms with Crippen LogP contribution in [0.3, 0.4) is 0 Å². The van der Waals surface area contributed by atoms with Crippen molar-refractivity contribution < 1.29 is 9.59 Å². The van der Waals surface area contributed by atoms with Gasteiger partial charge in [-0.05, 0) is 30.5 Å². The van der Waals surface area contributed by atoms with E-state index >= 15 is 0 Å². The van der Waals surface area contributed by atoms with Gasteiger partial charge >= 0.3 is 0 Å². The number of hydrogen-bond acceptors (Lipinski definition) is 3. The number of carbonyl (C=O) groups is 2. The Morgan fingerprint density at radius 2 is 1.84 bits per heavy atom. The van der Waals surface area contributed by atoms with Crippen LogP contribution in [0.5, 0.6) is 0 Å². The number of benzene rings is 1. The molecule has 19 heavy (non-hydrogen) atoms. The summed E-state index contributed by atoms with van der Waals surface area (Å²) in [7, 11) is 0. The lowest BCUT2D eigenvalue weighted by Gasteiger charge is -2.13. The fourth-order valence-corrected chi connectivity index (χ4v) is 2.14. The van der Waals surface area contributed by atoms with Crippen LogP contribution in [0, 0.1) is 0 Å². The average Bonchev–Trinajstić information content (AvgIpc) is 2.93. The van der Waals surface area contributed by atoms with Gasteiger partial charge in [-0.1, -0.05) is 24.3 Å². The highest BCUT2D eigenvalue weighted by Crippen LogP contribution is 2.09. The first-order valence-electron chi connectivity index (χ1n) is 5.87. The van der Waals surface area contributed by atoms with Gasteiger partial charge in [0.1, 0.15) is 6.04 Å². The Bertz CT molecular complexity index is 552. The van der Waals surface area contributed by atoms with Gasteiger partial charge in [0.15, 0.2) is 0 Å². The molecule has 2 amide bonds. The van der Waals surface area contributed by atoms with Crippen molar-refractivity contribution in [2.45, 2.75) is 13.0 Å². The number of hydrogen-bond donors (Lipinski definition) is 2. The number of nitrogens with one attached hydrogen (secondary N) is 2. The van der Waals surface area contributed by atoms with Crippen LogP contribution in [-0.2, 0) is 4.79 Å². The molecule has 1 unspecified atom stereocenters. The fraction of sp³-hybridized carbons (Fsp3) is 0.143. The molecule has 1 aromatic heterocycles. The second-order valence-corrected chi connectivity index (χ2v) is 4.98. The molecule has 2 rings (SSSR count). The van der Waals surface area contributed by atoms with Crippen LogP contribution in [0.15, 0.2) is 47.8 Å². The van der Waals surface area contributed by atoms with Crippen molar-refractivity contribution in [3.8, 4) is 0 Å². The van der Waals surface area contributed by atoms with E-state index in [1.807, 2.05) is 23.6 Å². The minimum atomic E-state index is -0.588. The lowest BCUT2D eigenvalue weighted by Crippen LogP contribution is -2.41. The average molecular weight is 274 g/mol. The quantitative estimate of drug-likeness (QED) is 0.900. The van der Waals surface area contributed by atoms with Crippen molar-refractivity contribution in [2.24, 2.45) is 0 Å². The molecule has 2 aromatic rings. The van der Waals surface area contributed by atoms with Crippen LogP contribution in [0.4, 0.5) is 5.69 Å². The zero-order chi connectivity index (χ0) is 13.7. The Balaban J connectivity index is 1.91. The van der Waals surface area contributed by atoms with Crippen molar-refractivity contribution in [2.75, 3.05) is 5.32 Å². The predicted molar refractivity (Wildman–Crippen MR) is 76.3 cm³/mol. The third kappa shape index (κ3) is 3.66. The van der Waals surface area contributed by atoms with Crippen LogP contribution in [0.2, 0.25) is 0 Å². The van der Waals surface area contributed by atoms with Crippen LogP contribution in [-0.4, -0.2) is 17.9 Å². The summed E-state index contributed by atoms with van der Waals surface area (Å²) in [5, 5.41) is 7.23. The van der Waals surface area contributed by atoms with E-state index in [2.05, 4.69) is 10.6 Å². The predicted octanol–water partition coefficient (Wildman–Crippen LogP) is 2.51. The molecule has 0 aliphatic heterocycles. The SMILES string of the molecule is CC(NC(=O)c1cccs1)C(=O)Nc1ccccc1. The first-order chi connectivity index (χ1) is 9.16. The molecule has 0 aliphatic carbocycles. The number of carbonyl (C=O) groups excluding carboxylic acids is 2. The number of thiophene rings is 1. The molecule has 0 saturated carbocycles. The van der Waals surface area contributed by atoms with E-state index in [-0.39, 0.29) is 11.8 Å². The summed E-state index contributed by atoms with van der Waals surface area (Å²) < 4.78 is 0. The summed E-state index contributed by atoms with van der Waals surface area (Å²) in [6, 6.07) is 12.1. The first kappa shape index (κ1) is 13.3. The van der Waals surface area contributed by atoms with Crippen LogP contribution >= 0.6 is 11.3 Å². The standard InChI is InChI=1S/C14H14N2O2S/c1-10(15-14(18)12-8-5-9-19-12)13(17)16-11-6-3-2-4-7-11/h2-10H,1H3,(H,15,18)(H,16,17). The van der Waals surface area contributed by atoms with Crippen LogP contribution in [0.1, 0.15) is 16.6 Å². The Morgan fingerprint density at radius 1 is 1.11 bits per heavy atom. The second-order valence-electron chi connectivity index (χ2n) is 4.03. The summed E-state index contributed by atoms with van der Waals surface area (Å²) in [5.74, 6) is -0.471. The smallest absolute Gasteiger partial charge is 0.261 e. The molecule has 0 spiro atoms. The van der Waals surface area contributed by atoms with Crippen molar-refractivity contribution in [1.29, 1.82) is 0 Å². The number of anilines is 1. The first-order valence-corrected chi connectivity index (χ1v) is 6.75. The maximum Gasteiger partial charge on any atom is 0.261 e. The highest BCUT2D eigenvalue weighted by Gasteiger charge is 2.16. The minimum Gasteiger partial charge on any atom is -0.340 e. The fourth-order valence-electron chi connectivity index (χ4n) is 1.51. The monoisotopic (exact) mass is 274 g/mol. The van der Waals surface area contributed by atoms with E-state index in [4.69, 9.17) is 0 Å². The third-order valence-corrected chi connectivity index (χ3v) is 3.40. The molecule has 0 fully saturated rings. The van der Waals surface area contributed by atoms with Crippen molar-refractivity contribution >= 4 is 28.8 Å². The summed E-state index contributed by atoms with van der Waals surface area (Å²) in [6.45, 7) is 1.66. The van der Waals surface area contributed by atoms with Crippen LogP contribution < -0.4 is 10.6 Å². The lowest BCUT2D eigenvalue weighted by molar-refractivity contribution is -0.117. The largest absolute Gasteiger partial charge is 0.340 e. The van der Waals surface area contributed by atoms with Gasteiger partial charge < -0.3 is 10.6 Å². The molecule has 4 nitrogen and oxygen atoms in total. The van der Waals surface area contributed by atoms with E-state index < -0.39 is 6.04 Å². The van der Waals surface area contributed by atoms with Crippen LogP contribution in [0.25, 0.3) is 0 Å². The van der Waals surface area contributed by atoms with Crippen molar-refractivity contribution in [3.05, 3.63) is 52.7 Å². The molecule has 1 heterocycles. The van der Waals surface area contributed by atoms with E-state index in [1.165, 1.54) is 11.3 Å². The topological polar surface area (TPSA) is 58.2 Å². The van der Waals surface area contributed by atoms with Gasteiger partial charge in [-0.25, -0.2) is 0 Å². The summed E-state index contributed by atoms with van der Waals surface area (Å²) in [4.78, 5) is 24.3. The van der Waals surface area contributed by atoms with E-state index in [9.17, 15) is 9.59 Å². The zero-order valence-electron chi connectivity index (χ0n) is 10.4. The molecule has 0 radical (unpaired) electrons. The summed E-state index contributed by atoms with van der Waals surface area (Å²) >= 11 is 1.34. The minimum absolute atomic E-state index is 0.231. The van der Waals surface area contributed by atoms with Gasteiger partial charge in [0.25, 0.3) is 5.91 Å². The normalized spacial score (nSPS) is 11.6. The Labute approximate surface area is 115 Å². The van der Waals surface area contributed by atoms with Crippen molar-refractivity contribution in [3.63, 3.8) is 0 Å². The van der Waals surface area contributed by atoms with Gasteiger partial charge in [0, 0.05) is 5.69 Å². The third-order valence-electron chi connectivity index (χ3n) is 2.53. The van der Waals surface area contributed by atoms with Gasteiger partial charge in [-0.2, -0.15) is 0 Å². The summed E-state index contributed by atoms with van der Waals surface area (Å²) in [6.07, 6.45) is 0. The van der Waals surface area contributed by atoms with Gasteiger partial charge in [-0.3, -0.25) is 9.59 Å². The molecule has 0 saturated heterocycles. The number of rotatable bonds is 4. The molecular weight excluding hydrogens is 260 g/mol. The zero-order valence-corrected chi connectivity index (χ0v) is 11.2. The Kier molecular flexibility index (Phi) is 4.30. The molecule has 0 aliphatic rings. The molecule has 1 atom stereocenters.